The summed E-state index contributed by atoms with van der Waals surface area (Å²) in [5.41, 5.74) is 2.16. The molecule has 1 heterocycles. The zero-order valence-electron chi connectivity index (χ0n) is 8.23. The molecular formula is C12H14O2. The first-order valence-electron chi connectivity index (χ1n) is 5.09. The van der Waals surface area contributed by atoms with Crippen molar-refractivity contribution in [1.82, 2.24) is 0 Å². The summed E-state index contributed by atoms with van der Waals surface area (Å²) in [6.45, 7) is 2.78. The summed E-state index contributed by atoms with van der Waals surface area (Å²) in [5.74, 6) is 0. The Morgan fingerprint density at radius 1 is 1.36 bits per heavy atom. The molecule has 0 amide bonds. The van der Waals surface area contributed by atoms with E-state index in [1.807, 2.05) is 18.2 Å². The minimum Gasteiger partial charge on any atom is -0.388 e. The molecule has 2 aliphatic rings. The Hall–Kier alpha value is -0.860. The first kappa shape index (κ1) is 8.45. The van der Waals surface area contributed by atoms with Gasteiger partial charge in [0, 0.05) is 5.41 Å². The molecule has 1 aliphatic carbocycles. The van der Waals surface area contributed by atoms with Crippen molar-refractivity contribution in [3.05, 3.63) is 35.4 Å². The van der Waals surface area contributed by atoms with Crippen molar-refractivity contribution in [3.63, 3.8) is 0 Å². The second-order valence-electron chi connectivity index (χ2n) is 4.69. The second-order valence-corrected chi connectivity index (χ2v) is 4.69. The Morgan fingerprint density at radius 3 is 2.86 bits per heavy atom. The van der Waals surface area contributed by atoms with Crippen LogP contribution in [0.2, 0.25) is 0 Å². The van der Waals surface area contributed by atoms with Gasteiger partial charge in [0.05, 0.1) is 18.8 Å². The largest absolute Gasteiger partial charge is 0.388 e. The number of aliphatic hydroxyl groups is 1. The maximum Gasteiger partial charge on any atom is 0.0870 e. The van der Waals surface area contributed by atoms with Crippen molar-refractivity contribution in [2.75, 3.05) is 6.61 Å². The van der Waals surface area contributed by atoms with E-state index < -0.39 is 0 Å². The number of ether oxygens (including phenoxy) is 1. The minimum atomic E-state index is -0.363. The van der Waals surface area contributed by atoms with Gasteiger partial charge in [0.1, 0.15) is 0 Å². The molecule has 3 atom stereocenters. The highest BCUT2D eigenvalue weighted by atomic mass is 16.5. The Balaban J connectivity index is 2.19. The zero-order valence-corrected chi connectivity index (χ0v) is 8.23. The smallest absolute Gasteiger partial charge is 0.0870 e. The Kier molecular flexibility index (Phi) is 1.56. The third-order valence-corrected chi connectivity index (χ3v) is 3.56. The highest BCUT2D eigenvalue weighted by Crippen LogP contribution is 2.54. The minimum absolute atomic E-state index is 0.0704. The van der Waals surface area contributed by atoms with Crippen molar-refractivity contribution < 1.29 is 9.84 Å². The fourth-order valence-corrected chi connectivity index (χ4v) is 2.65. The van der Waals surface area contributed by atoms with Gasteiger partial charge in [-0.15, -0.1) is 0 Å². The molecule has 1 aromatic rings. The predicted molar refractivity (Wildman–Crippen MR) is 52.8 cm³/mol. The molecule has 1 fully saturated rings. The van der Waals surface area contributed by atoms with E-state index in [1.165, 1.54) is 5.56 Å². The van der Waals surface area contributed by atoms with Crippen LogP contribution in [0.3, 0.4) is 0 Å². The molecular weight excluding hydrogens is 176 g/mol. The fraction of sp³-hybridized carbons (Fsp3) is 0.500. The van der Waals surface area contributed by atoms with E-state index in [4.69, 9.17) is 4.74 Å². The fourth-order valence-electron chi connectivity index (χ4n) is 2.65. The number of fused-ring (bicyclic) bond motifs is 4. The quantitative estimate of drug-likeness (QED) is 0.679. The Morgan fingerprint density at radius 2 is 2.07 bits per heavy atom. The first-order chi connectivity index (χ1) is 6.71. The van der Waals surface area contributed by atoms with Crippen LogP contribution < -0.4 is 0 Å². The van der Waals surface area contributed by atoms with Crippen LogP contribution in [0.4, 0.5) is 0 Å². The first-order valence-corrected chi connectivity index (χ1v) is 5.09. The van der Waals surface area contributed by atoms with Gasteiger partial charge < -0.3 is 9.84 Å². The molecule has 0 spiro atoms. The van der Waals surface area contributed by atoms with Crippen LogP contribution in [0.15, 0.2) is 24.3 Å². The molecule has 1 N–H and O–H groups in total. The summed E-state index contributed by atoms with van der Waals surface area (Å²) in [5, 5.41) is 10.2. The average Bonchev–Trinajstić information content (AvgIpc) is 2.57. The highest BCUT2D eigenvalue weighted by Gasteiger charge is 2.48. The van der Waals surface area contributed by atoms with Crippen molar-refractivity contribution >= 4 is 0 Å². The molecule has 2 heteroatoms. The molecule has 0 unspecified atom stereocenters. The SMILES string of the molecule is C[C@@]12CO[C@@H](C1)c1ccccc1[C@H]2O. The van der Waals surface area contributed by atoms with E-state index in [0.29, 0.717) is 6.61 Å². The summed E-state index contributed by atoms with van der Waals surface area (Å²) >= 11 is 0. The van der Waals surface area contributed by atoms with Crippen LogP contribution in [0, 0.1) is 5.41 Å². The van der Waals surface area contributed by atoms with E-state index in [2.05, 4.69) is 13.0 Å². The Bertz CT molecular complexity index is 374. The normalized spacial score (nSPS) is 39.6. The number of benzene rings is 1. The number of hydrogen-bond donors (Lipinski definition) is 1. The summed E-state index contributed by atoms with van der Waals surface area (Å²) in [7, 11) is 0. The van der Waals surface area contributed by atoms with Gasteiger partial charge in [-0.25, -0.2) is 0 Å². The van der Waals surface area contributed by atoms with Crippen molar-refractivity contribution in [2.45, 2.75) is 25.6 Å². The molecule has 1 aromatic carbocycles. The lowest BCUT2D eigenvalue weighted by molar-refractivity contribution is 0.0288. The monoisotopic (exact) mass is 190 g/mol. The van der Waals surface area contributed by atoms with E-state index in [0.717, 1.165) is 12.0 Å². The predicted octanol–water partition coefficient (Wildman–Crippen LogP) is 2.20. The van der Waals surface area contributed by atoms with Gasteiger partial charge in [-0.3, -0.25) is 0 Å². The van der Waals surface area contributed by atoms with Gasteiger partial charge in [-0.1, -0.05) is 31.2 Å². The molecule has 1 saturated heterocycles. The van der Waals surface area contributed by atoms with Crippen LogP contribution in [-0.2, 0) is 4.74 Å². The van der Waals surface area contributed by atoms with Gasteiger partial charge in [0.2, 0.25) is 0 Å². The summed E-state index contributed by atoms with van der Waals surface area (Å²) in [4.78, 5) is 0. The van der Waals surface area contributed by atoms with Crippen LogP contribution >= 0.6 is 0 Å². The lowest BCUT2D eigenvalue weighted by Crippen LogP contribution is -2.29. The second kappa shape index (κ2) is 2.59. The van der Waals surface area contributed by atoms with Gasteiger partial charge in [0.15, 0.2) is 0 Å². The number of aliphatic hydroxyl groups excluding tert-OH is 1. The topological polar surface area (TPSA) is 29.5 Å². The van der Waals surface area contributed by atoms with Crippen LogP contribution in [0.1, 0.15) is 36.7 Å². The van der Waals surface area contributed by atoms with Crippen LogP contribution in [0.5, 0.6) is 0 Å². The van der Waals surface area contributed by atoms with Crippen LogP contribution in [0.25, 0.3) is 0 Å². The Labute approximate surface area is 83.5 Å². The molecule has 2 nitrogen and oxygen atoms in total. The third kappa shape index (κ3) is 0.928. The van der Waals surface area contributed by atoms with E-state index >= 15 is 0 Å². The summed E-state index contributed by atoms with van der Waals surface area (Å²) < 4.78 is 5.72. The molecule has 14 heavy (non-hydrogen) atoms. The molecule has 3 rings (SSSR count). The maximum atomic E-state index is 10.2. The lowest BCUT2D eigenvalue weighted by Gasteiger charge is -2.34. The summed E-state index contributed by atoms with van der Waals surface area (Å²) in [6, 6.07) is 8.07. The van der Waals surface area contributed by atoms with E-state index in [9.17, 15) is 5.11 Å². The number of hydrogen-bond acceptors (Lipinski definition) is 2. The molecule has 1 aliphatic heterocycles. The van der Waals surface area contributed by atoms with E-state index in [-0.39, 0.29) is 17.6 Å². The van der Waals surface area contributed by atoms with Gasteiger partial charge in [0.25, 0.3) is 0 Å². The van der Waals surface area contributed by atoms with Gasteiger partial charge in [-0.05, 0) is 17.5 Å². The van der Waals surface area contributed by atoms with E-state index in [1.54, 1.807) is 0 Å². The average molecular weight is 190 g/mol. The maximum absolute atomic E-state index is 10.2. The van der Waals surface area contributed by atoms with Crippen molar-refractivity contribution in [3.8, 4) is 0 Å². The molecule has 0 aromatic heterocycles. The third-order valence-electron chi connectivity index (χ3n) is 3.56. The molecule has 0 saturated carbocycles. The highest BCUT2D eigenvalue weighted by molar-refractivity contribution is 5.36. The zero-order chi connectivity index (χ0) is 9.76. The summed E-state index contributed by atoms with van der Waals surface area (Å²) in [6.07, 6.45) is 0.794. The standard InChI is InChI=1S/C12H14O2/c1-12-6-10(14-7-12)8-4-2-3-5-9(8)11(12)13/h2-5,10-11,13H,6-7H2,1H3/t10-,11+,12-/m0/s1. The van der Waals surface area contributed by atoms with Crippen LogP contribution in [-0.4, -0.2) is 11.7 Å². The molecule has 74 valence electrons. The molecule has 2 bridgehead atoms. The van der Waals surface area contributed by atoms with Gasteiger partial charge >= 0.3 is 0 Å². The van der Waals surface area contributed by atoms with Crippen molar-refractivity contribution in [1.29, 1.82) is 0 Å². The van der Waals surface area contributed by atoms with Crippen molar-refractivity contribution in [2.24, 2.45) is 5.41 Å². The number of rotatable bonds is 0. The van der Waals surface area contributed by atoms with Gasteiger partial charge in [-0.2, -0.15) is 0 Å². The molecule has 0 radical (unpaired) electrons. The lowest BCUT2D eigenvalue weighted by atomic mass is 9.72.